The molecule has 0 aliphatic rings. The number of benzene rings is 2. The van der Waals surface area contributed by atoms with Crippen molar-refractivity contribution in [2.24, 2.45) is 0 Å². The molecule has 27 heavy (non-hydrogen) atoms. The van der Waals surface area contributed by atoms with Crippen LogP contribution in [-0.4, -0.2) is 31.7 Å². The van der Waals surface area contributed by atoms with Gasteiger partial charge in [0.05, 0.1) is 10.6 Å². The first-order chi connectivity index (χ1) is 12.8. The Kier molecular flexibility index (Phi) is 6.59. The highest BCUT2D eigenvalue weighted by atomic mass is 32.2. The summed E-state index contributed by atoms with van der Waals surface area (Å²) in [7, 11) is -3.78. The molecule has 0 spiro atoms. The molecule has 1 N–H and O–H groups in total. The van der Waals surface area contributed by atoms with Crippen LogP contribution in [0.2, 0.25) is 0 Å². The Morgan fingerprint density at radius 3 is 2.15 bits per heavy atom. The molecule has 0 saturated carbocycles. The lowest BCUT2D eigenvalue weighted by molar-refractivity contribution is 0.102. The minimum Gasteiger partial charge on any atom is -0.319 e. The van der Waals surface area contributed by atoms with E-state index in [0.717, 1.165) is 12.1 Å². The normalized spacial score (nSPS) is 11.2. The third-order valence-electron chi connectivity index (χ3n) is 3.60. The van der Waals surface area contributed by atoms with Crippen molar-refractivity contribution in [3.8, 4) is 0 Å². The smallest absolute Gasteiger partial charge is 0.255 e. The third-order valence-corrected chi connectivity index (χ3v) is 5.44. The van der Waals surface area contributed by atoms with Gasteiger partial charge < -0.3 is 5.32 Å². The molecule has 0 fully saturated rings. The van der Waals surface area contributed by atoms with Crippen molar-refractivity contribution in [3.05, 3.63) is 85.0 Å². The van der Waals surface area contributed by atoms with Gasteiger partial charge in [0.25, 0.3) is 5.91 Å². The van der Waals surface area contributed by atoms with E-state index in [4.69, 9.17) is 0 Å². The number of carbonyl (C=O) groups excluding carboxylic acids is 1. The van der Waals surface area contributed by atoms with Crippen molar-refractivity contribution in [1.82, 2.24) is 4.31 Å². The van der Waals surface area contributed by atoms with E-state index in [1.165, 1.54) is 40.7 Å². The fourth-order valence-electron chi connectivity index (χ4n) is 2.27. The lowest BCUT2D eigenvalue weighted by Crippen LogP contribution is -2.31. The summed E-state index contributed by atoms with van der Waals surface area (Å²) in [5.74, 6) is -2.32. The van der Waals surface area contributed by atoms with Crippen molar-refractivity contribution in [3.63, 3.8) is 0 Å². The fourth-order valence-corrected chi connectivity index (χ4v) is 3.65. The molecule has 0 saturated heterocycles. The van der Waals surface area contributed by atoms with Crippen molar-refractivity contribution >= 4 is 21.6 Å². The Labute approximate surface area is 156 Å². The maximum Gasteiger partial charge on any atom is 0.255 e. The predicted octanol–water partition coefficient (Wildman–Crippen LogP) is 3.58. The third kappa shape index (κ3) is 4.87. The van der Waals surface area contributed by atoms with E-state index in [1.807, 2.05) is 0 Å². The van der Waals surface area contributed by atoms with Gasteiger partial charge in [-0.2, -0.15) is 4.31 Å². The number of carbonyl (C=O) groups is 1. The van der Waals surface area contributed by atoms with Crippen LogP contribution in [0.5, 0.6) is 0 Å². The largest absolute Gasteiger partial charge is 0.319 e. The summed E-state index contributed by atoms with van der Waals surface area (Å²) < 4.78 is 52.9. The van der Waals surface area contributed by atoms with Crippen LogP contribution < -0.4 is 5.32 Å². The quantitative estimate of drug-likeness (QED) is 0.699. The van der Waals surface area contributed by atoms with Crippen LogP contribution in [0.25, 0.3) is 0 Å². The van der Waals surface area contributed by atoms with E-state index >= 15 is 0 Å². The Morgan fingerprint density at radius 1 is 1.04 bits per heavy atom. The second-order valence-corrected chi connectivity index (χ2v) is 7.44. The molecule has 8 heteroatoms. The molecule has 5 nitrogen and oxygen atoms in total. The molecule has 0 unspecified atom stereocenters. The Balaban J connectivity index is 2.21. The van der Waals surface area contributed by atoms with Gasteiger partial charge in [0, 0.05) is 24.7 Å². The molecule has 0 atom stereocenters. The number of sulfonamides is 1. The summed E-state index contributed by atoms with van der Waals surface area (Å²) in [4.78, 5) is 12.2. The summed E-state index contributed by atoms with van der Waals surface area (Å²) in [6.45, 7) is 7.29. The van der Waals surface area contributed by atoms with Crippen molar-refractivity contribution < 1.29 is 22.0 Å². The summed E-state index contributed by atoms with van der Waals surface area (Å²) in [6.07, 6.45) is 2.92. The molecule has 2 aromatic carbocycles. The second kappa shape index (κ2) is 8.70. The molecule has 142 valence electrons. The zero-order valence-electron chi connectivity index (χ0n) is 14.4. The minimum absolute atomic E-state index is 0.00397. The monoisotopic (exact) mass is 392 g/mol. The first-order valence-electron chi connectivity index (χ1n) is 7.88. The predicted molar refractivity (Wildman–Crippen MR) is 99.9 cm³/mol. The zero-order valence-corrected chi connectivity index (χ0v) is 15.2. The number of amides is 1. The number of nitrogens with zero attached hydrogens (tertiary/aromatic N) is 1. The van der Waals surface area contributed by atoms with Crippen molar-refractivity contribution in [2.45, 2.75) is 4.90 Å². The zero-order chi connectivity index (χ0) is 20.0. The number of hydrogen-bond donors (Lipinski definition) is 1. The molecule has 0 bridgehead atoms. The molecule has 2 rings (SSSR count). The fraction of sp³-hybridized carbons (Fsp3) is 0.105. The highest BCUT2D eigenvalue weighted by molar-refractivity contribution is 7.89. The van der Waals surface area contributed by atoms with Gasteiger partial charge in [-0.3, -0.25) is 4.79 Å². The van der Waals surface area contributed by atoms with E-state index in [1.54, 1.807) is 0 Å². The average Bonchev–Trinajstić information content (AvgIpc) is 2.64. The van der Waals surface area contributed by atoms with E-state index in [-0.39, 0.29) is 29.2 Å². The molecule has 0 aliphatic heterocycles. The maximum absolute atomic E-state index is 13.6. The van der Waals surface area contributed by atoms with E-state index in [2.05, 4.69) is 18.5 Å². The van der Waals surface area contributed by atoms with Crippen molar-refractivity contribution in [1.29, 1.82) is 0 Å². The van der Waals surface area contributed by atoms with E-state index in [9.17, 15) is 22.0 Å². The van der Waals surface area contributed by atoms with Gasteiger partial charge in [-0.15, -0.1) is 13.2 Å². The van der Waals surface area contributed by atoms with Crippen LogP contribution in [0.15, 0.2) is 72.7 Å². The number of nitrogens with one attached hydrogen (secondary N) is 1. The number of rotatable bonds is 8. The van der Waals surface area contributed by atoms with E-state index in [0.29, 0.717) is 6.07 Å². The SMILES string of the molecule is C=CCN(CC=C)S(=O)(=O)c1ccc(C(=O)Nc2ccc(F)cc2F)cc1. The van der Waals surface area contributed by atoms with Gasteiger partial charge in [-0.05, 0) is 36.4 Å². The minimum atomic E-state index is -3.78. The molecule has 0 radical (unpaired) electrons. The molecule has 0 heterocycles. The second-order valence-electron chi connectivity index (χ2n) is 5.50. The Hall–Kier alpha value is -2.84. The molecule has 1 amide bonds. The van der Waals surface area contributed by atoms with Gasteiger partial charge in [0.1, 0.15) is 11.6 Å². The van der Waals surface area contributed by atoms with Gasteiger partial charge in [0.2, 0.25) is 10.0 Å². The van der Waals surface area contributed by atoms with Crippen LogP contribution in [0.4, 0.5) is 14.5 Å². The lowest BCUT2D eigenvalue weighted by Gasteiger charge is -2.19. The standard InChI is InChI=1S/C19H18F2N2O3S/c1-3-11-23(12-4-2)27(25,26)16-8-5-14(6-9-16)19(24)22-18-10-7-15(20)13-17(18)21/h3-10,13H,1-2,11-12H2,(H,22,24). The van der Waals surface area contributed by atoms with Crippen LogP contribution in [-0.2, 0) is 10.0 Å². The van der Waals surface area contributed by atoms with Gasteiger partial charge in [0.15, 0.2) is 0 Å². The van der Waals surface area contributed by atoms with Crippen LogP contribution in [0, 0.1) is 11.6 Å². The summed E-state index contributed by atoms with van der Waals surface area (Å²) in [5.41, 5.74) is -0.0575. The van der Waals surface area contributed by atoms with E-state index < -0.39 is 27.6 Å². The van der Waals surface area contributed by atoms with Crippen molar-refractivity contribution in [2.75, 3.05) is 18.4 Å². The summed E-state index contributed by atoms with van der Waals surface area (Å²) in [5, 5.41) is 2.31. The summed E-state index contributed by atoms with van der Waals surface area (Å²) >= 11 is 0. The molecule has 0 aliphatic carbocycles. The van der Waals surface area contributed by atoms with Gasteiger partial charge >= 0.3 is 0 Å². The Bertz CT molecular complexity index is 947. The average molecular weight is 392 g/mol. The van der Waals surface area contributed by atoms with Gasteiger partial charge in [-0.1, -0.05) is 12.2 Å². The van der Waals surface area contributed by atoms with Crippen LogP contribution >= 0.6 is 0 Å². The Morgan fingerprint density at radius 2 is 1.63 bits per heavy atom. The topological polar surface area (TPSA) is 66.5 Å². The van der Waals surface area contributed by atoms with Crippen LogP contribution in [0.1, 0.15) is 10.4 Å². The van der Waals surface area contributed by atoms with Gasteiger partial charge in [-0.25, -0.2) is 17.2 Å². The lowest BCUT2D eigenvalue weighted by atomic mass is 10.2. The summed E-state index contributed by atoms with van der Waals surface area (Å²) in [6, 6.07) is 7.95. The molecular weight excluding hydrogens is 374 g/mol. The first kappa shape index (κ1) is 20.5. The number of hydrogen-bond acceptors (Lipinski definition) is 3. The number of anilines is 1. The van der Waals surface area contributed by atoms with Crippen LogP contribution in [0.3, 0.4) is 0 Å². The highest BCUT2D eigenvalue weighted by Gasteiger charge is 2.22. The maximum atomic E-state index is 13.6. The molecule has 2 aromatic rings. The highest BCUT2D eigenvalue weighted by Crippen LogP contribution is 2.19. The molecule has 0 aromatic heterocycles. The number of halogens is 2. The first-order valence-corrected chi connectivity index (χ1v) is 9.32. The molecular formula is C19H18F2N2O3S.